The highest BCUT2D eigenvalue weighted by Gasteiger charge is 2.39. The molecule has 2 heterocycles. The van der Waals surface area contributed by atoms with Crippen LogP contribution in [-0.4, -0.2) is 27.9 Å². The molecule has 5 rings (SSSR count). The molecule has 12 heteroatoms. The summed E-state index contributed by atoms with van der Waals surface area (Å²) in [5.74, 6) is -1.46. The third-order valence-corrected chi connectivity index (χ3v) is 7.04. The number of aromatic hydroxyl groups is 1. The molecule has 0 atom stereocenters. The van der Waals surface area contributed by atoms with Gasteiger partial charge in [-0.3, -0.25) is 30.0 Å². The standard InChI is InChI=1S/C27H19F3N4O4S/c1-13-3-6-17(9-14(13)2)34-20-12-16(27(28,29)30)5-7-18(20)23(25(34)37)33-32-19-8-4-15(10-21(19)35)11-22-24(36)31-26(38)39-22/h3-12,32,35H,1-2H3,(H,31,36,38)/b22-11-,33-23-. The van der Waals surface area contributed by atoms with Crippen molar-refractivity contribution >= 4 is 57.7 Å². The number of halogens is 3. The van der Waals surface area contributed by atoms with E-state index in [0.717, 1.165) is 35.0 Å². The lowest BCUT2D eigenvalue weighted by atomic mass is 10.1. The lowest BCUT2D eigenvalue weighted by Gasteiger charge is -2.19. The Kier molecular flexibility index (Phi) is 6.43. The lowest BCUT2D eigenvalue weighted by Crippen LogP contribution is -2.26. The lowest BCUT2D eigenvalue weighted by molar-refractivity contribution is -0.137. The summed E-state index contributed by atoms with van der Waals surface area (Å²) in [6.07, 6.45) is -3.18. The maximum Gasteiger partial charge on any atom is 0.416 e. The number of alkyl halides is 3. The van der Waals surface area contributed by atoms with E-state index in [1.165, 1.54) is 29.2 Å². The van der Waals surface area contributed by atoms with Gasteiger partial charge in [0.1, 0.15) is 5.75 Å². The first-order valence-electron chi connectivity index (χ1n) is 11.5. The second-order valence-corrected chi connectivity index (χ2v) is 9.85. The summed E-state index contributed by atoms with van der Waals surface area (Å²) in [7, 11) is 0. The first-order chi connectivity index (χ1) is 18.4. The maximum atomic E-state index is 13.5. The molecule has 2 aliphatic rings. The first kappa shape index (κ1) is 26.0. The number of benzene rings is 3. The smallest absolute Gasteiger partial charge is 0.416 e. The molecular weight excluding hydrogens is 533 g/mol. The van der Waals surface area contributed by atoms with Gasteiger partial charge in [0.05, 0.1) is 21.8 Å². The van der Waals surface area contributed by atoms with Gasteiger partial charge in [0.2, 0.25) is 0 Å². The number of anilines is 3. The number of rotatable bonds is 4. The Labute approximate surface area is 224 Å². The van der Waals surface area contributed by atoms with Gasteiger partial charge in [-0.05, 0) is 90.8 Å². The highest BCUT2D eigenvalue weighted by atomic mass is 32.2. The van der Waals surface area contributed by atoms with Crippen molar-refractivity contribution in [1.29, 1.82) is 0 Å². The summed E-state index contributed by atoms with van der Waals surface area (Å²) in [4.78, 5) is 37.9. The van der Waals surface area contributed by atoms with Crippen molar-refractivity contribution in [2.45, 2.75) is 20.0 Å². The predicted molar refractivity (Wildman–Crippen MR) is 142 cm³/mol. The zero-order valence-corrected chi connectivity index (χ0v) is 21.2. The van der Waals surface area contributed by atoms with E-state index in [1.807, 2.05) is 13.8 Å². The molecule has 39 heavy (non-hydrogen) atoms. The minimum absolute atomic E-state index is 0.0340. The number of hydrazone groups is 1. The summed E-state index contributed by atoms with van der Waals surface area (Å²) in [5.41, 5.74) is 4.53. The fourth-order valence-corrected chi connectivity index (χ4v) is 4.76. The molecule has 2 aliphatic heterocycles. The van der Waals surface area contributed by atoms with E-state index in [4.69, 9.17) is 0 Å². The van der Waals surface area contributed by atoms with Gasteiger partial charge in [-0.25, -0.2) is 0 Å². The quantitative estimate of drug-likeness (QED) is 0.213. The molecule has 0 aromatic heterocycles. The van der Waals surface area contributed by atoms with Crippen LogP contribution in [0.3, 0.4) is 0 Å². The molecule has 1 fully saturated rings. The van der Waals surface area contributed by atoms with Gasteiger partial charge >= 0.3 is 6.18 Å². The van der Waals surface area contributed by atoms with Gasteiger partial charge in [-0.15, -0.1) is 0 Å². The van der Waals surface area contributed by atoms with E-state index in [1.54, 1.807) is 24.3 Å². The third kappa shape index (κ3) is 4.98. The molecule has 3 amide bonds. The number of amides is 3. The van der Waals surface area contributed by atoms with Gasteiger partial charge in [-0.1, -0.05) is 12.1 Å². The molecule has 3 aromatic rings. The van der Waals surface area contributed by atoms with Crippen LogP contribution in [0.2, 0.25) is 0 Å². The molecule has 0 unspecified atom stereocenters. The number of carbonyl (C=O) groups excluding carboxylic acids is 3. The van der Waals surface area contributed by atoms with E-state index in [0.29, 0.717) is 11.3 Å². The normalized spacial score (nSPS) is 17.3. The number of imide groups is 1. The van der Waals surface area contributed by atoms with Gasteiger partial charge in [-0.2, -0.15) is 18.3 Å². The topological polar surface area (TPSA) is 111 Å². The van der Waals surface area contributed by atoms with Crippen LogP contribution in [0.5, 0.6) is 5.75 Å². The molecule has 0 radical (unpaired) electrons. The van der Waals surface area contributed by atoms with E-state index in [2.05, 4.69) is 15.8 Å². The van der Waals surface area contributed by atoms with Gasteiger partial charge in [0.25, 0.3) is 17.1 Å². The SMILES string of the molecule is Cc1ccc(N2C(=O)/C(=N\Nc3ccc(/C=C4\SC(=O)NC4=O)cc3O)c3ccc(C(F)(F)F)cc32)cc1C. The maximum absolute atomic E-state index is 13.5. The molecule has 0 saturated carbocycles. The van der Waals surface area contributed by atoms with Crippen LogP contribution in [0.15, 0.2) is 64.6 Å². The van der Waals surface area contributed by atoms with Crippen LogP contribution >= 0.6 is 11.8 Å². The van der Waals surface area contributed by atoms with E-state index < -0.39 is 28.8 Å². The molecule has 8 nitrogen and oxygen atoms in total. The van der Waals surface area contributed by atoms with Gasteiger partial charge < -0.3 is 5.11 Å². The van der Waals surface area contributed by atoms with Crippen LogP contribution in [-0.2, 0) is 15.8 Å². The Bertz CT molecular complexity index is 1630. The molecule has 198 valence electrons. The van der Waals surface area contributed by atoms with Crippen LogP contribution in [0.25, 0.3) is 6.08 Å². The number of aryl methyl sites for hydroxylation is 2. The van der Waals surface area contributed by atoms with Gasteiger partial charge in [0.15, 0.2) is 5.71 Å². The summed E-state index contributed by atoms with van der Waals surface area (Å²) >= 11 is 0.732. The highest BCUT2D eigenvalue weighted by molar-refractivity contribution is 8.18. The average Bonchev–Trinajstić information content (AvgIpc) is 3.33. The molecule has 3 N–H and O–H groups in total. The zero-order chi connectivity index (χ0) is 28.1. The Morgan fingerprint density at radius 3 is 2.41 bits per heavy atom. The zero-order valence-electron chi connectivity index (χ0n) is 20.4. The largest absolute Gasteiger partial charge is 0.506 e. The fraction of sp³-hybridized carbons (Fsp3) is 0.111. The van der Waals surface area contributed by atoms with Crippen LogP contribution in [0, 0.1) is 13.8 Å². The van der Waals surface area contributed by atoms with Crippen LogP contribution in [0.1, 0.15) is 27.8 Å². The van der Waals surface area contributed by atoms with E-state index >= 15 is 0 Å². The average molecular weight is 553 g/mol. The number of thioether (sulfide) groups is 1. The first-order valence-corrected chi connectivity index (χ1v) is 12.3. The van der Waals surface area contributed by atoms with Crippen molar-refractivity contribution in [3.8, 4) is 5.75 Å². The highest BCUT2D eigenvalue weighted by Crippen LogP contribution is 2.41. The van der Waals surface area contributed by atoms with E-state index in [9.17, 15) is 32.7 Å². The molecule has 0 spiro atoms. The van der Waals surface area contributed by atoms with Crippen molar-refractivity contribution < 1.29 is 32.7 Å². The molecule has 1 saturated heterocycles. The Hall–Kier alpha value is -4.58. The molecule has 0 aliphatic carbocycles. The van der Waals surface area contributed by atoms with Crippen LogP contribution < -0.4 is 15.6 Å². The number of phenols is 1. The minimum atomic E-state index is -4.61. The number of fused-ring (bicyclic) bond motifs is 1. The second kappa shape index (κ2) is 9.62. The Morgan fingerprint density at radius 2 is 1.77 bits per heavy atom. The number of phenolic OH excluding ortho intramolecular Hbond substituents is 1. The second-order valence-electron chi connectivity index (χ2n) is 8.84. The van der Waals surface area contributed by atoms with Crippen molar-refractivity contribution in [3.05, 3.63) is 87.3 Å². The summed E-state index contributed by atoms with van der Waals surface area (Å²) in [6, 6.07) is 12.4. The van der Waals surface area contributed by atoms with Crippen LogP contribution in [0.4, 0.5) is 35.0 Å². The summed E-state index contributed by atoms with van der Waals surface area (Å²) < 4.78 is 40.5. The van der Waals surface area contributed by atoms with E-state index in [-0.39, 0.29) is 33.3 Å². The fourth-order valence-electron chi connectivity index (χ4n) is 4.07. The number of carbonyl (C=O) groups is 3. The van der Waals surface area contributed by atoms with Crippen molar-refractivity contribution in [3.63, 3.8) is 0 Å². The monoisotopic (exact) mass is 552 g/mol. The minimum Gasteiger partial charge on any atom is -0.506 e. The summed E-state index contributed by atoms with van der Waals surface area (Å²) in [6.45, 7) is 3.72. The summed E-state index contributed by atoms with van der Waals surface area (Å²) in [5, 5.41) is 16.3. The number of hydrogen-bond donors (Lipinski definition) is 3. The molecule has 3 aromatic carbocycles. The van der Waals surface area contributed by atoms with Crippen molar-refractivity contribution in [2.75, 3.05) is 10.3 Å². The van der Waals surface area contributed by atoms with Crippen molar-refractivity contribution in [2.24, 2.45) is 5.10 Å². The number of nitrogens with one attached hydrogen (secondary N) is 2. The predicted octanol–water partition coefficient (Wildman–Crippen LogP) is 5.85. The van der Waals surface area contributed by atoms with Crippen molar-refractivity contribution in [1.82, 2.24) is 5.32 Å². The Balaban J connectivity index is 1.50. The number of nitrogens with zero attached hydrogens (tertiary/aromatic N) is 2. The molecule has 0 bridgehead atoms. The number of hydrogen-bond acceptors (Lipinski definition) is 7. The third-order valence-electron chi connectivity index (χ3n) is 6.23. The Morgan fingerprint density at radius 1 is 1.00 bits per heavy atom. The molecular formula is C27H19F3N4O4S. The van der Waals surface area contributed by atoms with Gasteiger partial charge in [0, 0.05) is 11.3 Å².